The Labute approximate surface area is 127 Å². The van der Waals surface area contributed by atoms with Crippen LogP contribution in [0.15, 0.2) is 0 Å². The van der Waals surface area contributed by atoms with E-state index in [4.69, 9.17) is 4.74 Å². The molecule has 1 fully saturated rings. The average Bonchev–Trinajstić information content (AvgIpc) is 3.06. The number of aryl methyl sites for hydroxylation is 1. The minimum Gasteiger partial charge on any atom is -0.469 e. The Hall–Kier alpha value is -1.87. The number of esters is 1. The molecular weight excluding hydrogens is 288 g/mol. The number of fused-ring (bicyclic) bond motifs is 1. The lowest BCUT2D eigenvalue weighted by atomic mass is 9.96. The molecule has 1 saturated heterocycles. The first-order chi connectivity index (χ1) is 10.2. The summed E-state index contributed by atoms with van der Waals surface area (Å²) in [5, 5.41) is 10.2. The molecule has 0 bridgehead atoms. The van der Waals surface area contributed by atoms with E-state index in [2.05, 4.69) is 6.07 Å². The van der Waals surface area contributed by atoms with Crippen LogP contribution in [-0.4, -0.2) is 25.5 Å². The van der Waals surface area contributed by atoms with E-state index in [-0.39, 0.29) is 18.3 Å². The summed E-state index contributed by atoms with van der Waals surface area (Å²) in [4.78, 5) is 26.6. The third-order valence-corrected chi connectivity index (χ3v) is 5.48. The van der Waals surface area contributed by atoms with Gasteiger partial charge in [0.2, 0.25) is 5.91 Å². The second-order valence-corrected chi connectivity index (χ2v) is 6.52. The van der Waals surface area contributed by atoms with Crippen LogP contribution in [0.3, 0.4) is 0 Å². The van der Waals surface area contributed by atoms with Crippen molar-refractivity contribution in [2.75, 3.05) is 18.6 Å². The van der Waals surface area contributed by atoms with Crippen molar-refractivity contribution in [1.29, 1.82) is 5.26 Å². The van der Waals surface area contributed by atoms with Gasteiger partial charge in [-0.05, 0) is 31.2 Å². The van der Waals surface area contributed by atoms with E-state index in [1.54, 1.807) is 4.90 Å². The third kappa shape index (κ3) is 2.32. The molecule has 1 amide bonds. The highest BCUT2D eigenvalue weighted by molar-refractivity contribution is 7.16. The van der Waals surface area contributed by atoms with E-state index in [1.807, 2.05) is 0 Å². The van der Waals surface area contributed by atoms with Gasteiger partial charge < -0.3 is 9.64 Å². The molecule has 1 unspecified atom stereocenters. The maximum absolute atomic E-state index is 12.2. The van der Waals surface area contributed by atoms with E-state index >= 15 is 0 Å². The predicted molar refractivity (Wildman–Crippen MR) is 78.2 cm³/mol. The Bertz CT molecular complexity index is 644. The molecule has 2 heterocycles. The van der Waals surface area contributed by atoms with Crippen molar-refractivity contribution in [3.63, 3.8) is 0 Å². The van der Waals surface area contributed by atoms with Gasteiger partial charge >= 0.3 is 5.97 Å². The number of methoxy groups -OCH3 is 1. The summed E-state index contributed by atoms with van der Waals surface area (Å²) in [6, 6.07) is 2.26. The number of nitriles is 1. The van der Waals surface area contributed by atoms with E-state index in [0.29, 0.717) is 12.1 Å². The van der Waals surface area contributed by atoms with Gasteiger partial charge in [0.15, 0.2) is 0 Å². The van der Waals surface area contributed by atoms with Crippen molar-refractivity contribution in [2.45, 2.75) is 32.1 Å². The Kier molecular flexibility index (Phi) is 3.68. The van der Waals surface area contributed by atoms with Gasteiger partial charge in [-0.25, -0.2) is 0 Å². The molecule has 1 aliphatic heterocycles. The number of carbonyl (C=O) groups is 2. The molecule has 0 saturated carbocycles. The van der Waals surface area contributed by atoms with Crippen molar-refractivity contribution < 1.29 is 14.3 Å². The molecule has 0 radical (unpaired) electrons. The van der Waals surface area contributed by atoms with Gasteiger partial charge in [-0.15, -0.1) is 11.3 Å². The number of carbonyl (C=O) groups excluding carboxylic acids is 2. The number of hydrogen-bond donors (Lipinski definition) is 0. The molecule has 6 heteroatoms. The van der Waals surface area contributed by atoms with Crippen molar-refractivity contribution >= 4 is 28.2 Å². The lowest BCUT2D eigenvalue weighted by molar-refractivity contribution is -0.145. The fourth-order valence-corrected chi connectivity index (χ4v) is 4.45. The Morgan fingerprint density at radius 1 is 1.43 bits per heavy atom. The molecule has 2 aliphatic rings. The summed E-state index contributed by atoms with van der Waals surface area (Å²) in [5.74, 6) is -0.876. The van der Waals surface area contributed by atoms with Crippen LogP contribution >= 0.6 is 11.3 Å². The van der Waals surface area contributed by atoms with Crippen LogP contribution in [0.25, 0.3) is 0 Å². The van der Waals surface area contributed by atoms with Gasteiger partial charge in [-0.3, -0.25) is 9.59 Å². The normalized spacial score (nSPS) is 21.0. The molecule has 5 nitrogen and oxygen atoms in total. The number of ether oxygens (including phenoxy) is 1. The largest absolute Gasteiger partial charge is 0.469 e. The maximum Gasteiger partial charge on any atom is 0.311 e. The van der Waals surface area contributed by atoms with E-state index in [0.717, 1.165) is 36.2 Å². The highest BCUT2D eigenvalue weighted by Gasteiger charge is 2.38. The fraction of sp³-hybridized carbons (Fsp3) is 0.533. The molecule has 0 spiro atoms. The van der Waals surface area contributed by atoms with Crippen molar-refractivity contribution in [2.24, 2.45) is 5.92 Å². The summed E-state index contributed by atoms with van der Waals surface area (Å²) in [7, 11) is 1.33. The Morgan fingerprint density at radius 3 is 2.90 bits per heavy atom. The SMILES string of the molecule is COC(=O)C1CC(=O)N(c2sc3c(c2C#N)CCCC3)C1. The van der Waals surface area contributed by atoms with Gasteiger partial charge in [0.1, 0.15) is 11.1 Å². The van der Waals surface area contributed by atoms with Gasteiger partial charge in [-0.2, -0.15) is 5.26 Å². The van der Waals surface area contributed by atoms with Crippen LogP contribution in [0.1, 0.15) is 35.3 Å². The molecule has 0 aromatic carbocycles. The van der Waals surface area contributed by atoms with E-state index in [1.165, 1.54) is 23.3 Å². The van der Waals surface area contributed by atoms with Crippen LogP contribution < -0.4 is 4.90 Å². The molecule has 21 heavy (non-hydrogen) atoms. The number of rotatable bonds is 2. The lowest BCUT2D eigenvalue weighted by Crippen LogP contribution is -2.26. The molecule has 0 N–H and O–H groups in total. The average molecular weight is 304 g/mol. The summed E-state index contributed by atoms with van der Waals surface area (Å²) in [6.07, 6.45) is 4.29. The first kappa shape index (κ1) is 14.1. The smallest absolute Gasteiger partial charge is 0.311 e. The quantitative estimate of drug-likeness (QED) is 0.784. The monoisotopic (exact) mass is 304 g/mol. The Morgan fingerprint density at radius 2 is 2.19 bits per heavy atom. The fourth-order valence-electron chi connectivity index (χ4n) is 3.09. The first-order valence-corrected chi connectivity index (χ1v) is 7.90. The minimum absolute atomic E-state index is 0.0968. The Balaban J connectivity index is 1.94. The van der Waals surface area contributed by atoms with Gasteiger partial charge in [-0.1, -0.05) is 0 Å². The van der Waals surface area contributed by atoms with Crippen molar-refractivity contribution in [3.8, 4) is 6.07 Å². The van der Waals surface area contributed by atoms with Gasteiger partial charge in [0, 0.05) is 17.8 Å². The summed E-state index contributed by atoms with van der Waals surface area (Å²) >= 11 is 1.54. The van der Waals surface area contributed by atoms with Crippen molar-refractivity contribution in [3.05, 3.63) is 16.0 Å². The van der Waals surface area contributed by atoms with E-state index < -0.39 is 5.92 Å². The summed E-state index contributed by atoms with van der Waals surface area (Å²) in [5.41, 5.74) is 1.74. The summed E-state index contributed by atoms with van der Waals surface area (Å²) in [6.45, 7) is 0.319. The second-order valence-electron chi connectivity index (χ2n) is 5.43. The maximum atomic E-state index is 12.2. The summed E-state index contributed by atoms with van der Waals surface area (Å²) < 4.78 is 4.73. The zero-order valence-corrected chi connectivity index (χ0v) is 12.7. The van der Waals surface area contributed by atoms with Crippen LogP contribution in [0.2, 0.25) is 0 Å². The minimum atomic E-state index is -0.423. The number of nitrogens with zero attached hydrogens (tertiary/aromatic N) is 2. The third-order valence-electron chi connectivity index (χ3n) is 4.17. The van der Waals surface area contributed by atoms with Gasteiger partial charge in [0.25, 0.3) is 0 Å². The zero-order valence-electron chi connectivity index (χ0n) is 11.8. The number of amides is 1. The van der Waals surface area contributed by atoms with Crippen LogP contribution in [-0.2, 0) is 27.2 Å². The molecule has 110 valence electrons. The molecule has 1 aromatic rings. The zero-order chi connectivity index (χ0) is 15.0. The molecular formula is C15H16N2O3S. The van der Waals surface area contributed by atoms with Crippen LogP contribution in [0, 0.1) is 17.2 Å². The highest BCUT2D eigenvalue weighted by atomic mass is 32.1. The number of anilines is 1. The predicted octanol–water partition coefficient (Wildman–Crippen LogP) is 2.02. The van der Waals surface area contributed by atoms with Crippen LogP contribution in [0.4, 0.5) is 5.00 Å². The topological polar surface area (TPSA) is 70.4 Å². The second kappa shape index (κ2) is 5.49. The standard InChI is InChI=1S/C15H16N2O3S/c1-20-15(19)9-6-13(18)17(8-9)14-11(7-16)10-4-2-3-5-12(10)21-14/h9H,2-6,8H2,1H3. The number of hydrogen-bond acceptors (Lipinski definition) is 5. The van der Waals surface area contributed by atoms with Crippen LogP contribution in [0.5, 0.6) is 0 Å². The molecule has 1 aliphatic carbocycles. The lowest BCUT2D eigenvalue weighted by Gasteiger charge is -2.14. The highest BCUT2D eigenvalue weighted by Crippen LogP contribution is 2.41. The molecule has 1 aromatic heterocycles. The first-order valence-electron chi connectivity index (χ1n) is 7.08. The van der Waals surface area contributed by atoms with E-state index in [9.17, 15) is 14.9 Å². The molecule has 1 atom stereocenters. The number of thiophene rings is 1. The van der Waals surface area contributed by atoms with Crippen molar-refractivity contribution in [1.82, 2.24) is 0 Å². The van der Waals surface area contributed by atoms with Gasteiger partial charge in [0.05, 0.1) is 18.6 Å². The molecule has 3 rings (SSSR count).